The van der Waals surface area contributed by atoms with Gasteiger partial charge in [0.05, 0.1) is 11.9 Å². The molecule has 0 spiro atoms. The lowest BCUT2D eigenvalue weighted by molar-refractivity contribution is -0.141. The monoisotopic (exact) mass is 671 g/mol. The number of hydrogen-bond donors (Lipinski definition) is 1. The summed E-state index contributed by atoms with van der Waals surface area (Å²) in [5.74, 6) is -1.12. The molecule has 0 aliphatic heterocycles. The van der Waals surface area contributed by atoms with E-state index in [2.05, 4.69) is 21.2 Å². The Labute approximate surface area is 262 Å². The summed E-state index contributed by atoms with van der Waals surface area (Å²) in [4.78, 5) is 29.5. The molecule has 3 aromatic carbocycles. The van der Waals surface area contributed by atoms with Crippen molar-refractivity contribution in [1.82, 2.24) is 10.2 Å². The number of nitrogens with zero attached hydrogens (tertiary/aromatic N) is 2. The van der Waals surface area contributed by atoms with Crippen molar-refractivity contribution in [1.29, 1.82) is 0 Å². The maximum atomic E-state index is 14.5. The van der Waals surface area contributed by atoms with Crippen molar-refractivity contribution in [3.05, 3.63) is 100 Å². The first-order chi connectivity index (χ1) is 20.6. The van der Waals surface area contributed by atoms with Gasteiger partial charge in [-0.05, 0) is 54.7 Å². The van der Waals surface area contributed by atoms with Crippen LogP contribution in [0.3, 0.4) is 0 Å². The Kier molecular flexibility index (Phi) is 11.8. The van der Waals surface area contributed by atoms with Crippen molar-refractivity contribution in [3.8, 4) is 0 Å². The molecule has 1 aliphatic carbocycles. The van der Waals surface area contributed by atoms with Crippen LogP contribution in [0.5, 0.6) is 0 Å². The van der Waals surface area contributed by atoms with Crippen molar-refractivity contribution < 1.29 is 22.4 Å². The van der Waals surface area contributed by atoms with Gasteiger partial charge in [-0.2, -0.15) is 0 Å². The lowest BCUT2D eigenvalue weighted by Gasteiger charge is -2.34. The number of carbonyl (C=O) groups is 2. The molecule has 1 saturated carbocycles. The number of para-hydroxylation sites is 1. The second-order valence-corrected chi connectivity index (χ2v) is 13.9. The molecule has 0 heterocycles. The number of halogens is 2. The maximum Gasteiger partial charge on any atom is 0.243 e. The lowest BCUT2D eigenvalue weighted by Crippen LogP contribution is -2.52. The standard InChI is InChI=1S/C33H39BrFN3O4S/c1-43(41,42)38(30-16-9-8-15-29(30)35)22-10-17-32(39)37(24-26-18-20-27(34)21-19-26)31(23-25-11-4-2-5-12-25)33(40)36-28-13-6-3-7-14-28/h2,4-5,8-9,11-12,15-16,18-21,28,31H,3,6-7,10,13-14,17,22-24H2,1H3,(H,36,40)/t31-/m1/s1. The molecule has 1 atom stereocenters. The summed E-state index contributed by atoms with van der Waals surface area (Å²) in [6.07, 6.45) is 6.62. The predicted octanol–water partition coefficient (Wildman–Crippen LogP) is 6.22. The number of amides is 2. The van der Waals surface area contributed by atoms with Crippen molar-refractivity contribution in [3.63, 3.8) is 0 Å². The van der Waals surface area contributed by atoms with Crippen LogP contribution in [0.15, 0.2) is 83.3 Å². The first kappa shape index (κ1) is 32.7. The van der Waals surface area contributed by atoms with Crippen LogP contribution < -0.4 is 9.62 Å². The van der Waals surface area contributed by atoms with Crippen LogP contribution >= 0.6 is 15.9 Å². The molecule has 0 aromatic heterocycles. The molecule has 2 amide bonds. The molecule has 0 saturated heterocycles. The summed E-state index contributed by atoms with van der Waals surface area (Å²) in [5.41, 5.74) is 1.74. The fourth-order valence-corrected chi connectivity index (χ4v) is 6.75. The van der Waals surface area contributed by atoms with E-state index in [1.165, 1.54) is 18.2 Å². The second kappa shape index (κ2) is 15.5. The van der Waals surface area contributed by atoms with E-state index in [0.29, 0.717) is 6.42 Å². The van der Waals surface area contributed by atoms with Gasteiger partial charge in [0, 0.05) is 36.4 Å². The number of nitrogens with one attached hydrogen (secondary N) is 1. The Hall–Kier alpha value is -3.24. The topological polar surface area (TPSA) is 86.8 Å². The fraction of sp³-hybridized carbons (Fsp3) is 0.394. The van der Waals surface area contributed by atoms with Gasteiger partial charge in [0.15, 0.2) is 0 Å². The number of benzene rings is 3. The quantitative estimate of drug-likeness (QED) is 0.234. The van der Waals surface area contributed by atoms with Gasteiger partial charge < -0.3 is 10.2 Å². The van der Waals surface area contributed by atoms with Crippen LogP contribution in [0, 0.1) is 5.82 Å². The molecule has 1 fully saturated rings. The first-order valence-electron chi connectivity index (χ1n) is 14.7. The Bertz CT molecular complexity index is 1460. The SMILES string of the molecule is CS(=O)(=O)N(CCCC(=O)N(Cc1ccc(Br)cc1)[C@H](Cc1ccccc1)C(=O)NC1CCCCC1)c1ccccc1F. The zero-order chi connectivity index (χ0) is 30.8. The lowest BCUT2D eigenvalue weighted by atomic mass is 9.94. The largest absolute Gasteiger partial charge is 0.352 e. The number of anilines is 1. The average molecular weight is 673 g/mol. The molecule has 1 N–H and O–H groups in total. The smallest absolute Gasteiger partial charge is 0.243 e. The van der Waals surface area contributed by atoms with Crippen molar-refractivity contribution in [2.75, 3.05) is 17.1 Å². The summed E-state index contributed by atoms with van der Waals surface area (Å²) in [7, 11) is -3.80. The van der Waals surface area contributed by atoms with E-state index >= 15 is 0 Å². The highest BCUT2D eigenvalue weighted by Gasteiger charge is 2.32. The highest BCUT2D eigenvalue weighted by molar-refractivity contribution is 9.10. The molecule has 1 aliphatic rings. The van der Waals surface area contributed by atoms with Gasteiger partial charge in [0.2, 0.25) is 21.8 Å². The van der Waals surface area contributed by atoms with E-state index in [4.69, 9.17) is 0 Å². The van der Waals surface area contributed by atoms with E-state index in [1.807, 2.05) is 54.6 Å². The summed E-state index contributed by atoms with van der Waals surface area (Å²) >= 11 is 3.46. The van der Waals surface area contributed by atoms with Crippen LogP contribution in [0.4, 0.5) is 10.1 Å². The minimum absolute atomic E-state index is 0.0149. The van der Waals surface area contributed by atoms with Gasteiger partial charge in [-0.3, -0.25) is 13.9 Å². The molecule has 3 aromatic rings. The van der Waals surface area contributed by atoms with Crippen molar-refractivity contribution in [2.24, 2.45) is 0 Å². The molecule has 230 valence electrons. The summed E-state index contributed by atoms with van der Waals surface area (Å²) in [5, 5.41) is 3.22. The highest BCUT2D eigenvalue weighted by Crippen LogP contribution is 2.24. The first-order valence-corrected chi connectivity index (χ1v) is 17.4. The molecule has 43 heavy (non-hydrogen) atoms. The van der Waals surface area contributed by atoms with Gasteiger partial charge in [0.25, 0.3) is 0 Å². The molecule has 0 radical (unpaired) electrons. The van der Waals surface area contributed by atoms with Crippen LogP contribution in [-0.4, -0.2) is 50.0 Å². The maximum absolute atomic E-state index is 14.5. The second-order valence-electron chi connectivity index (χ2n) is 11.1. The highest BCUT2D eigenvalue weighted by atomic mass is 79.9. The summed E-state index contributed by atoms with van der Waals surface area (Å²) in [6, 6.07) is 22.2. The van der Waals surface area contributed by atoms with Crippen molar-refractivity contribution >= 4 is 43.5 Å². The van der Waals surface area contributed by atoms with E-state index in [9.17, 15) is 22.4 Å². The molecular formula is C33H39BrFN3O4S. The summed E-state index contributed by atoms with van der Waals surface area (Å²) in [6.45, 7) is 0.139. The van der Waals surface area contributed by atoms with Crippen LogP contribution in [0.2, 0.25) is 0 Å². The zero-order valence-electron chi connectivity index (χ0n) is 24.4. The number of sulfonamides is 1. The van der Waals surface area contributed by atoms with E-state index in [1.54, 1.807) is 11.0 Å². The zero-order valence-corrected chi connectivity index (χ0v) is 26.8. The molecule has 4 rings (SSSR count). The number of hydrogen-bond acceptors (Lipinski definition) is 4. The fourth-order valence-electron chi connectivity index (χ4n) is 5.52. The normalized spacial score (nSPS) is 14.6. The minimum atomic E-state index is -3.80. The molecule has 0 bridgehead atoms. The third-order valence-electron chi connectivity index (χ3n) is 7.76. The van der Waals surface area contributed by atoms with Crippen LogP contribution in [0.25, 0.3) is 0 Å². The number of carbonyl (C=O) groups excluding carboxylic acids is 2. The Balaban J connectivity index is 1.59. The van der Waals surface area contributed by atoms with Gasteiger partial charge in [-0.1, -0.05) is 89.8 Å². The third-order valence-corrected chi connectivity index (χ3v) is 9.47. The third kappa shape index (κ3) is 9.63. The Morgan fingerprint density at radius 2 is 1.58 bits per heavy atom. The molecule has 7 nitrogen and oxygen atoms in total. The summed E-state index contributed by atoms with van der Waals surface area (Å²) < 4.78 is 41.5. The van der Waals surface area contributed by atoms with Crippen LogP contribution in [-0.2, 0) is 32.6 Å². The van der Waals surface area contributed by atoms with Gasteiger partial charge >= 0.3 is 0 Å². The van der Waals surface area contributed by atoms with Crippen LogP contribution in [0.1, 0.15) is 56.1 Å². The van der Waals surface area contributed by atoms with Crippen molar-refractivity contribution in [2.45, 2.75) is 70.0 Å². The minimum Gasteiger partial charge on any atom is -0.352 e. The predicted molar refractivity (Wildman–Crippen MR) is 171 cm³/mol. The molecular weight excluding hydrogens is 633 g/mol. The number of rotatable bonds is 13. The Morgan fingerprint density at radius 1 is 0.930 bits per heavy atom. The van der Waals surface area contributed by atoms with Gasteiger partial charge in [0.1, 0.15) is 11.9 Å². The molecule has 10 heteroatoms. The van der Waals surface area contributed by atoms with Gasteiger partial charge in [-0.25, -0.2) is 12.8 Å². The average Bonchev–Trinajstić information content (AvgIpc) is 2.99. The van der Waals surface area contributed by atoms with E-state index in [0.717, 1.165) is 58.3 Å². The molecule has 0 unspecified atom stereocenters. The van der Waals surface area contributed by atoms with Gasteiger partial charge in [-0.15, -0.1) is 0 Å². The van der Waals surface area contributed by atoms with E-state index < -0.39 is 21.9 Å². The Morgan fingerprint density at radius 3 is 2.23 bits per heavy atom. The van der Waals surface area contributed by atoms with E-state index in [-0.39, 0.29) is 49.5 Å².